The van der Waals surface area contributed by atoms with Crippen molar-refractivity contribution in [3.8, 4) is 0 Å². The maximum Gasteiger partial charge on any atom is 0.0603 e. The molecule has 0 atom stereocenters. The summed E-state index contributed by atoms with van der Waals surface area (Å²) in [7, 11) is 0. The van der Waals surface area contributed by atoms with Gasteiger partial charge in [-0.3, -0.25) is 0 Å². The van der Waals surface area contributed by atoms with E-state index in [1.165, 1.54) is 18.5 Å². The highest BCUT2D eigenvalue weighted by atomic mass is 35.5. The van der Waals surface area contributed by atoms with Crippen LogP contribution >= 0.6 is 11.6 Å². The number of halogens is 1. The van der Waals surface area contributed by atoms with Gasteiger partial charge in [0.25, 0.3) is 0 Å². The summed E-state index contributed by atoms with van der Waals surface area (Å²) in [6.45, 7) is 2.95. The van der Waals surface area contributed by atoms with E-state index in [0.29, 0.717) is 6.54 Å². The predicted octanol–water partition coefficient (Wildman–Crippen LogP) is 4.40. The van der Waals surface area contributed by atoms with Gasteiger partial charge >= 0.3 is 0 Å². The minimum atomic E-state index is 0.159. The van der Waals surface area contributed by atoms with Crippen molar-refractivity contribution in [1.29, 1.82) is 0 Å². The molecule has 110 valence electrons. The van der Waals surface area contributed by atoms with Gasteiger partial charge in [0.05, 0.1) is 6.61 Å². The molecule has 0 aromatic heterocycles. The van der Waals surface area contributed by atoms with Crippen LogP contribution in [-0.4, -0.2) is 18.3 Å². The zero-order valence-electron chi connectivity index (χ0n) is 12.1. The molecule has 3 heteroatoms. The maximum absolute atomic E-state index is 8.90. The lowest BCUT2D eigenvalue weighted by molar-refractivity contribution is 0.296. The molecule has 0 unspecified atom stereocenters. The number of aliphatic hydroxyl groups is 1. The van der Waals surface area contributed by atoms with Gasteiger partial charge in [0.1, 0.15) is 0 Å². The molecule has 0 fully saturated rings. The molecule has 0 radical (unpaired) electrons. The lowest BCUT2D eigenvalue weighted by Gasteiger charge is -2.08. The first-order valence-electron chi connectivity index (χ1n) is 7.22. The van der Waals surface area contributed by atoms with Crippen LogP contribution in [0.4, 0.5) is 0 Å². The fraction of sp³-hybridized carbons (Fsp3) is 0.412. The van der Waals surface area contributed by atoms with Gasteiger partial charge in [0, 0.05) is 23.7 Å². The van der Waals surface area contributed by atoms with Crippen LogP contribution in [0.2, 0.25) is 5.02 Å². The summed E-state index contributed by atoms with van der Waals surface area (Å²) in [5, 5.41) is 12.9. The topological polar surface area (TPSA) is 32.3 Å². The Morgan fingerprint density at radius 2 is 2.05 bits per heavy atom. The average Bonchev–Trinajstić information content (AvgIpc) is 2.46. The molecule has 0 heterocycles. The van der Waals surface area contributed by atoms with E-state index in [2.05, 4.69) is 30.5 Å². The van der Waals surface area contributed by atoms with Gasteiger partial charge in [-0.15, -0.1) is 0 Å². The largest absolute Gasteiger partial charge is 0.395 e. The number of unbranched alkanes of at least 4 members (excludes halogenated alkanes) is 2. The minimum absolute atomic E-state index is 0.159. The Labute approximate surface area is 127 Å². The average molecular weight is 294 g/mol. The van der Waals surface area contributed by atoms with E-state index in [1.54, 1.807) is 0 Å². The molecule has 0 aliphatic carbocycles. The number of benzene rings is 1. The molecule has 0 aliphatic rings. The van der Waals surface area contributed by atoms with Gasteiger partial charge in [0.15, 0.2) is 0 Å². The number of aliphatic hydroxyl groups excluding tert-OH is 1. The lowest BCUT2D eigenvalue weighted by atomic mass is 10.1. The van der Waals surface area contributed by atoms with E-state index in [0.717, 1.165) is 23.4 Å². The fourth-order valence-corrected chi connectivity index (χ4v) is 1.95. The Hall–Kier alpha value is -1.25. The zero-order valence-corrected chi connectivity index (χ0v) is 12.9. The van der Waals surface area contributed by atoms with Crippen molar-refractivity contribution in [3.63, 3.8) is 0 Å². The summed E-state index contributed by atoms with van der Waals surface area (Å²) >= 11 is 5.86. The van der Waals surface area contributed by atoms with E-state index in [9.17, 15) is 0 Å². The van der Waals surface area contributed by atoms with Crippen LogP contribution in [0.25, 0.3) is 6.08 Å². The molecule has 2 nitrogen and oxygen atoms in total. The smallest absolute Gasteiger partial charge is 0.0603 e. The van der Waals surface area contributed by atoms with Crippen molar-refractivity contribution in [2.24, 2.45) is 0 Å². The van der Waals surface area contributed by atoms with E-state index in [-0.39, 0.29) is 6.61 Å². The molecule has 1 aromatic carbocycles. The first-order valence-corrected chi connectivity index (χ1v) is 7.60. The summed E-state index contributed by atoms with van der Waals surface area (Å²) in [6, 6.07) is 7.79. The molecule has 0 aliphatic heterocycles. The van der Waals surface area contributed by atoms with Crippen molar-refractivity contribution in [3.05, 3.63) is 52.7 Å². The summed E-state index contributed by atoms with van der Waals surface area (Å²) in [5.41, 5.74) is 2.32. The Morgan fingerprint density at radius 1 is 1.30 bits per heavy atom. The lowest BCUT2D eigenvalue weighted by Crippen LogP contribution is -2.17. The normalized spacial score (nSPS) is 12.1. The van der Waals surface area contributed by atoms with Crippen LogP contribution < -0.4 is 5.32 Å². The van der Waals surface area contributed by atoms with Gasteiger partial charge in [-0.25, -0.2) is 0 Å². The van der Waals surface area contributed by atoms with Crippen LogP contribution in [0.15, 0.2) is 42.1 Å². The summed E-state index contributed by atoms with van der Waals surface area (Å²) in [5.74, 6) is 0. The van der Waals surface area contributed by atoms with Crippen LogP contribution in [0.5, 0.6) is 0 Å². The van der Waals surface area contributed by atoms with Crippen LogP contribution in [-0.2, 0) is 0 Å². The van der Waals surface area contributed by atoms with E-state index < -0.39 is 0 Å². The molecule has 0 saturated carbocycles. The van der Waals surface area contributed by atoms with E-state index in [4.69, 9.17) is 16.7 Å². The Bertz CT molecular complexity index is 423. The van der Waals surface area contributed by atoms with E-state index in [1.807, 2.05) is 24.3 Å². The second kappa shape index (κ2) is 10.5. The molecule has 0 amide bonds. The molecule has 0 spiro atoms. The second-order valence-electron chi connectivity index (χ2n) is 4.68. The highest BCUT2D eigenvalue weighted by Crippen LogP contribution is 2.12. The highest BCUT2D eigenvalue weighted by Gasteiger charge is 1.94. The highest BCUT2D eigenvalue weighted by molar-refractivity contribution is 6.30. The van der Waals surface area contributed by atoms with Crippen LogP contribution in [0, 0.1) is 0 Å². The Morgan fingerprint density at radius 3 is 2.70 bits per heavy atom. The van der Waals surface area contributed by atoms with Crippen molar-refractivity contribution in [1.82, 2.24) is 5.32 Å². The number of rotatable bonds is 9. The second-order valence-corrected chi connectivity index (χ2v) is 5.12. The van der Waals surface area contributed by atoms with Gasteiger partial charge in [-0.2, -0.15) is 0 Å². The van der Waals surface area contributed by atoms with Crippen LogP contribution in [0.3, 0.4) is 0 Å². The minimum Gasteiger partial charge on any atom is -0.395 e. The molecular formula is C17H24ClNO. The Kier molecular flexibility index (Phi) is 8.84. The summed E-state index contributed by atoms with van der Waals surface area (Å²) in [6.07, 6.45) is 10.8. The van der Waals surface area contributed by atoms with Gasteiger partial charge in [-0.1, -0.05) is 61.7 Å². The monoisotopic (exact) mass is 293 g/mol. The molecule has 0 saturated heterocycles. The fourth-order valence-electron chi connectivity index (χ4n) is 1.82. The maximum atomic E-state index is 8.90. The third-order valence-electron chi connectivity index (χ3n) is 2.93. The quantitative estimate of drug-likeness (QED) is 0.662. The first-order chi connectivity index (χ1) is 9.76. The predicted molar refractivity (Wildman–Crippen MR) is 87.8 cm³/mol. The van der Waals surface area contributed by atoms with Crippen molar-refractivity contribution >= 4 is 17.7 Å². The van der Waals surface area contributed by atoms with Gasteiger partial charge in [0.2, 0.25) is 0 Å². The third kappa shape index (κ3) is 7.37. The molecular weight excluding hydrogens is 270 g/mol. The number of nitrogens with one attached hydrogen (secondary N) is 1. The van der Waals surface area contributed by atoms with Crippen LogP contribution in [0.1, 0.15) is 38.2 Å². The third-order valence-corrected chi connectivity index (χ3v) is 3.18. The molecule has 1 rings (SSSR count). The number of allylic oxidation sites excluding steroid dienone is 2. The molecule has 2 N–H and O–H groups in total. The van der Waals surface area contributed by atoms with Crippen molar-refractivity contribution in [2.75, 3.05) is 13.2 Å². The number of hydrogen-bond donors (Lipinski definition) is 2. The first kappa shape index (κ1) is 16.8. The molecule has 20 heavy (non-hydrogen) atoms. The van der Waals surface area contributed by atoms with Crippen molar-refractivity contribution in [2.45, 2.75) is 32.6 Å². The number of hydrogen-bond acceptors (Lipinski definition) is 2. The van der Waals surface area contributed by atoms with Crippen molar-refractivity contribution < 1.29 is 5.11 Å². The summed E-state index contributed by atoms with van der Waals surface area (Å²) < 4.78 is 0. The zero-order chi connectivity index (χ0) is 14.6. The SMILES string of the molecule is CCCC/C=C(/C/C=C/c1ccc(Cl)cc1)NCCO. The molecule has 1 aromatic rings. The van der Waals surface area contributed by atoms with Gasteiger partial charge in [-0.05, 0) is 24.1 Å². The summed E-state index contributed by atoms with van der Waals surface area (Å²) in [4.78, 5) is 0. The van der Waals surface area contributed by atoms with E-state index >= 15 is 0 Å². The standard InChI is InChI=1S/C17H24ClNO/c1-2-3-4-7-17(19-13-14-20)8-5-6-15-9-11-16(18)12-10-15/h5-7,9-12,19-20H,2-4,8,13-14H2,1H3/b6-5+,17-7-. The Balaban J connectivity index is 2.51. The van der Waals surface area contributed by atoms with Gasteiger partial charge < -0.3 is 10.4 Å². The molecule has 0 bridgehead atoms.